The molecular formula is C13H26O4. The minimum absolute atomic E-state index is 0.234. The summed E-state index contributed by atoms with van der Waals surface area (Å²) >= 11 is 0. The Labute approximate surface area is 104 Å². The van der Waals surface area contributed by atoms with Crippen LogP contribution >= 0.6 is 0 Å². The molecule has 0 aromatic rings. The normalized spacial score (nSPS) is 14.5. The molecule has 102 valence electrons. The average molecular weight is 246 g/mol. The standard InChI is InChI=1S/C13H26O4/c1-8-9-10(2)13(6,7)11(14)15-17-16-12(3,4)5/h10H,8-9H2,1-7H3. The highest BCUT2D eigenvalue weighted by atomic mass is 17.5. The van der Waals surface area contributed by atoms with E-state index in [0.717, 1.165) is 12.8 Å². The Balaban J connectivity index is 4.21. The van der Waals surface area contributed by atoms with Gasteiger partial charge in [-0.3, -0.25) is 4.89 Å². The molecule has 0 spiro atoms. The Morgan fingerprint density at radius 1 is 1.18 bits per heavy atom. The third-order valence-corrected chi connectivity index (χ3v) is 2.87. The van der Waals surface area contributed by atoms with Crippen LogP contribution in [0.5, 0.6) is 0 Å². The van der Waals surface area contributed by atoms with Crippen molar-refractivity contribution in [3.05, 3.63) is 0 Å². The van der Waals surface area contributed by atoms with Gasteiger partial charge in [0.2, 0.25) is 0 Å². The fraction of sp³-hybridized carbons (Fsp3) is 0.923. The summed E-state index contributed by atoms with van der Waals surface area (Å²) in [5.41, 5.74) is -1.07. The highest BCUT2D eigenvalue weighted by Gasteiger charge is 2.36. The maximum Gasteiger partial charge on any atom is 0.351 e. The lowest BCUT2D eigenvalue weighted by atomic mass is 9.78. The van der Waals surface area contributed by atoms with Crippen LogP contribution in [0, 0.1) is 11.3 Å². The molecule has 0 aliphatic heterocycles. The van der Waals surface area contributed by atoms with E-state index in [1.165, 1.54) is 0 Å². The third kappa shape index (κ3) is 6.03. The van der Waals surface area contributed by atoms with Gasteiger partial charge in [0, 0.05) is 0 Å². The second kappa shape index (κ2) is 6.36. The lowest BCUT2D eigenvalue weighted by molar-refractivity contribution is -0.516. The molecule has 0 heterocycles. The van der Waals surface area contributed by atoms with Crippen molar-refractivity contribution < 1.29 is 19.6 Å². The summed E-state index contributed by atoms with van der Waals surface area (Å²) in [4.78, 5) is 21.4. The fourth-order valence-corrected chi connectivity index (χ4v) is 1.25. The zero-order chi connectivity index (χ0) is 13.7. The first kappa shape index (κ1) is 16.4. The van der Waals surface area contributed by atoms with Crippen molar-refractivity contribution in [2.75, 3.05) is 0 Å². The van der Waals surface area contributed by atoms with Gasteiger partial charge < -0.3 is 0 Å². The molecule has 0 N–H and O–H groups in total. The van der Waals surface area contributed by atoms with Crippen LogP contribution in [0.4, 0.5) is 0 Å². The number of hydrogen-bond acceptors (Lipinski definition) is 4. The summed E-state index contributed by atoms with van der Waals surface area (Å²) in [6.07, 6.45) is 2.01. The van der Waals surface area contributed by atoms with Crippen LogP contribution in [0.1, 0.15) is 61.3 Å². The largest absolute Gasteiger partial charge is 0.351 e. The van der Waals surface area contributed by atoms with Crippen molar-refractivity contribution >= 4 is 5.97 Å². The van der Waals surface area contributed by atoms with Crippen LogP contribution in [0.15, 0.2) is 0 Å². The smallest absolute Gasteiger partial charge is 0.268 e. The van der Waals surface area contributed by atoms with Crippen molar-refractivity contribution in [3.8, 4) is 0 Å². The monoisotopic (exact) mass is 246 g/mol. The average Bonchev–Trinajstić information content (AvgIpc) is 2.15. The van der Waals surface area contributed by atoms with Gasteiger partial charge in [0.25, 0.3) is 0 Å². The Morgan fingerprint density at radius 3 is 2.12 bits per heavy atom. The van der Waals surface area contributed by atoms with E-state index in [-0.39, 0.29) is 5.92 Å². The molecule has 1 unspecified atom stereocenters. The molecule has 0 aliphatic rings. The maximum absolute atomic E-state index is 11.8. The molecular weight excluding hydrogens is 220 g/mol. The van der Waals surface area contributed by atoms with Crippen molar-refractivity contribution in [1.29, 1.82) is 0 Å². The summed E-state index contributed by atoms with van der Waals surface area (Å²) in [5.74, 6) is -0.166. The van der Waals surface area contributed by atoms with E-state index in [9.17, 15) is 4.79 Å². The lowest BCUT2D eigenvalue weighted by Crippen LogP contribution is -2.34. The predicted octanol–water partition coefficient (Wildman–Crippen LogP) is 3.65. The molecule has 0 fully saturated rings. The molecule has 4 nitrogen and oxygen atoms in total. The summed E-state index contributed by atoms with van der Waals surface area (Å²) < 4.78 is 0. The number of carbonyl (C=O) groups is 1. The van der Waals surface area contributed by atoms with E-state index in [4.69, 9.17) is 4.89 Å². The highest BCUT2D eigenvalue weighted by molar-refractivity contribution is 5.75. The lowest BCUT2D eigenvalue weighted by Gasteiger charge is -2.28. The van der Waals surface area contributed by atoms with Gasteiger partial charge >= 0.3 is 5.97 Å². The van der Waals surface area contributed by atoms with E-state index < -0.39 is 17.0 Å². The van der Waals surface area contributed by atoms with E-state index in [1.807, 2.05) is 41.5 Å². The molecule has 0 radical (unpaired) electrons. The van der Waals surface area contributed by atoms with E-state index in [2.05, 4.69) is 16.8 Å². The minimum Gasteiger partial charge on any atom is -0.268 e. The van der Waals surface area contributed by atoms with Crippen molar-refractivity contribution in [1.82, 2.24) is 0 Å². The first-order chi connectivity index (χ1) is 7.61. The summed E-state index contributed by atoms with van der Waals surface area (Å²) in [5, 5.41) is 4.52. The molecule has 0 amide bonds. The molecule has 4 heteroatoms. The number of hydrogen-bond donors (Lipinski definition) is 0. The summed E-state index contributed by atoms with van der Waals surface area (Å²) in [6.45, 7) is 13.3. The van der Waals surface area contributed by atoms with Crippen molar-refractivity contribution in [2.45, 2.75) is 66.9 Å². The third-order valence-electron chi connectivity index (χ3n) is 2.87. The van der Waals surface area contributed by atoms with Gasteiger partial charge in [0.1, 0.15) is 0 Å². The molecule has 0 rings (SSSR count). The SMILES string of the molecule is CCCC(C)C(C)(C)C(=O)OOOC(C)(C)C. The molecule has 0 saturated heterocycles. The first-order valence-electron chi connectivity index (χ1n) is 6.18. The first-order valence-corrected chi connectivity index (χ1v) is 6.18. The van der Waals surface area contributed by atoms with Crippen molar-refractivity contribution in [2.24, 2.45) is 11.3 Å². The van der Waals surface area contributed by atoms with Gasteiger partial charge in [0.05, 0.1) is 11.0 Å². The Morgan fingerprint density at radius 2 is 1.71 bits per heavy atom. The molecule has 0 aromatic heterocycles. The van der Waals surface area contributed by atoms with Crippen LogP contribution in [0.3, 0.4) is 0 Å². The Kier molecular flexibility index (Phi) is 6.13. The molecule has 0 aromatic carbocycles. The van der Waals surface area contributed by atoms with E-state index in [1.54, 1.807) is 0 Å². The zero-order valence-electron chi connectivity index (χ0n) is 12.1. The van der Waals surface area contributed by atoms with Crippen molar-refractivity contribution in [3.63, 3.8) is 0 Å². The van der Waals surface area contributed by atoms with Crippen LogP contribution in [-0.2, 0) is 19.6 Å². The zero-order valence-corrected chi connectivity index (χ0v) is 12.1. The molecule has 1 atom stereocenters. The van der Waals surface area contributed by atoms with Gasteiger partial charge in [-0.15, -0.1) is 0 Å². The van der Waals surface area contributed by atoms with Gasteiger partial charge in [-0.2, -0.15) is 4.89 Å². The fourth-order valence-electron chi connectivity index (χ4n) is 1.25. The molecule has 17 heavy (non-hydrogen) atoms. The van der Waals surface area contributed by atoms with Gasteiger partial charge in [-0.05, 0) is 52.0 Å². The van der Waals surface area contributed by atoms with Crippen LogP contribution in [0.25, 0.3) is 0 Å². The van der Waals surface area contributed by atoms with Gasteiger partial charge in [-0.25, -0.2) is 4.79 Å². The molecule has 0 aliphatic carbocycles. The minimum atomic E-state index is -0.572. The Bertz CT molecular complexity index is 240. The number of carbonyl (C=O) groups excluding carboxylic acids is 1. The summed E-state index contributed by atoms with van der Waals surface area (Å²) in [7, 11) is 0. The second-order valence-corrected chi connectivity index (χ2v) is 6.05. The highest BCUT2D eigenvalue weighted by Crippen LogP contribution is 2.31. The number of rotatable bonds is 6. The Hall–Kier alpha value is -0.610. The van der Waals surface area contributed by atoms with Crippen LogP contribution in [-0.4, -0.2) is 11.6 Å². The van der Waals surface area contributed by atoms with Gasteiger partial charge in [-0.1, -0.05) is 20.3 Å². The van der Waals surface area contributed by atoms with E-state index >= 15 is 0 Å². The molecule has 0 saturated carbocycles. The quantitative estimate of drug-likeness (QED) is 0.530. The maximum atomic E-state index is 11.8. The summed E-state index contributed by atoms with van der Waals surface area (Å²) in [6, 6.07) is 0. The van der Waals surface area contributed by atoms with E-state index in [0.29, 0.717) is 0 Å². The second-order valence-electron chi connectivity index (χ2n) is 6.05. The molecule has 0 bridgehead atoms. The van der Waals surface area contributed by atoms with Crippen LogP contribution in [0.2, 0.25) is 0 Å². The van der Waals surface area contributed by atoms with Gasteiger partial charge in [0.15, 0.2) is 0 Å². The van der Waals surface area contributed by atoms with Crippen LogP contribution < -0.4 is 0 Å². The topological polar surface area (TPSA) is 44.8 Å². The predicted molar refractivity (Wildman–Crippen MR) is 65.9 cm³/mol.